The van der Waals surface area contributed by atoms with E-state index < -0.39 is 0 Å². The van der Waals surface area contributed by atoms with E-state index in [1.54, 1.807) is 18.5 Å². The Labute approximate surface area is 114 Å². The van der Waals surface area contributed by atoms with E-state index in [0.29, 0.717) is 17.0 Å². The van der Waals surface area contributed by atoms with Gasteiger partial charge in [0.15, 0.2) is 0 Å². The van der Waals surface area contributed by atoms with E-state index in [4.69, 9.17) is 16.3 Å². The first-order chi connectivity index (χ1) is 8.55. The molecule has 100 valence electrons. The van der Waals surface area contributed by atoms with Crippen LogP contribution in [0, 0.1) is 5.41 Å². The molecule has 0 N–H and O–H groups in total. The highest BCUT2D eigenvalue weighted by atomic mass is 35.5. The van der Waals surface area contributed by atoms with E-state index in [1.165, 1.54) is 25.9 Å². The third-order valence-electron chi connectivity index (χ3n) is 3.57. The molecule has 0 radical (unpaired) electrons. The molecule has 0 aliphatic carbocycles. The van der Waals surface area contributed by atoms with Gasteiger partial charge in [0.2, 0.25) is 0 Å². The van der Waals surface area contributed by atoms with Gasteiger partial charge in [-0.3, -0.25) is 9.88 Å². The molecular formula is C14H21ClN2O. The molecule has 0 spiro atoms. The summed E-state index contributed by atoms with van der Waals surface area (Å²) in [7, 11) is 0. The van der Waals surface area contributed by atoms with Gasteiger partial charge in [-0.2, -0.15) is 0 Å². The Morgan fingerprint density at radius 1 is 1.33 bits per heavy atom. The molecule has 1 fully saturated rings. The second kappa shape index (κ2) is 5.89. The average molecular weight is 269 g/mol. The van der Waals surface area contributed by atoms with E-state index in [0.717, 1.165) is 12.3 Å². The van der Waals surface area contributed by atoms with Crippen molar-refractivity contribution in [3.8, 4) is 5.75 Å². The maximum atomic E-state index is 5.85. The molecule has 4 heteroatoms. The first-order valence-corrected chi connectivity index (χ1v) is 6.89. The lowest BCUT2D eigenvalue weighted by molar-refractivity contribution is 0.116. The summed E-state index contributed by atoms with van der Waals surface area (Å²) in [5.74, 6) is 0.750. The minimum atomic E-state index is 0.508. The lowest BCUT2D eigenvalue weighted by Crippen LogP contribution is -2.39. The van der Waals surface area contributed by atoms with E-state index in [1.807, 2.05) is 0 Å². The summed E-state index contributed by atoms with van der Waals surface area (Å²) in [6, 6.07) is 1.80. The highest BCUT2D eigenvalue weighted by molar-refractivity contribution is 6.30. The summed E-state index contributed by atoms with van der Waals surface area (Å²) in [6.45, 7) is 8.70. The zero-order valence-electron chi connectivity index (χ0n) is 11.2. The molecule has 1 aliphatic heterocycles. The Kier molecular flexibility index (Phi) is 4.46. The Morgan fingerprint density at radius 2 is 2.06 bits per heavy atom. The first kappa shape index (κ1) is 13.6. The summed E-state index contributed by atoms with van der Waals surface area (Å²) in [5.41, 5.74) is 0.508. The number of hydrogen-bond donors (Lipinski definition) is 0. The molecule has 1 aromatic heterocycles. The van der Waals surface area contributed by atoms with Crippen molar-refractivity contribution >= 4 is 11.6 Å². The van der Waals surface area contributed by atoms with Crippen LogP contribution in [0.4, 0.5) is 0 Å². The van der Waals surface area contributed by atoms with E-state index in [2.05, 4.69) is 23.7 Å². The lowest BCUT2D eigenvalue weighted by Gasteiger charge is -2.36. The van der Waals surface area contributed by atoms with Crippen molar-refractivity contribution in [1.29, 1.82) is 0 Å². The van der Waals surface area contributed by atoms with Crippen LogP contribution in [0.3, 0.4) is 0 Å². The third kappa shape index (κ3) is 4.14. The van der Waals surface area contributed by atoms with Crippen LogP contribution in [-0.4, -0.2) is 36.1 Å². The summed E-state index contributed by atoms with van der Waals surface area (Å²) in [4.78, 5) is 6.46. The molecule has 0 unspecified atom stereocenters. The first-order valence-electron chi connectivity index (χ1n) is 6.51. The van der Waals surface area contributed by atoms with Gasteiger partial charge in [0.05, 0.1) is 11.2 Å². The van der Waals surface area contributed by atoms with Crippen LogP contribution < -0.4 is 4.74 Å². The molecule has 2 heterocycles. The number of rotatable bonds is 4. The van der Waals surface area contributed by atoms with Crippen LogP contribution in [0.2, 0.25) is 5.02 Å². The number of pyridine rings is 1. The zero-order valence-corrected chi connectivity index (χ0v) is 11.9. The van der Waals surface area contributed by atoms with Crippen LogP contribution in [0.15, 0.2) is 18.5 Å². The van der Waals surface area contributed by atoms with Gasteiger partial charge in [-0.25, -0.2) is 0 Å². The Bertz CT molecular complexity index is 385. The van der Waals surface area contributed by atoms with Crippen molar-refractivity contribution < 1.29 is 4.74 Å². The van der Waals surface area contributed by atoms with Crippen LogP contribution in [0.1, 0.15) is 26.7 Å². The van der Waals surface area contributed by atoms with Gasteiger partial charge >= 0.3 is 0 Å². The molecule has 1 aliphatic rings. The molecule has 0 amide bonds. The van der Waals surface area contributed by atoms with Gasteiger partial charge in [-0.15, -0.1) is 0 Å². The smallest absolute Gasteiger partial charge is 0.139 e. The molecule has 18 heavy (non-hydrogen) atoms. The topological polar surface area (TPSA) is 25.4 Å². The molecule has 0 aromatic carbocycles. The number of piperidine rings is 1. The molecule has 1 aromatic rings. The second-order valence-electron chi connectivity index (χ2n) is 5.69. The summed E-state index contributed by atoms with van der Waals surface area (Å²) in [6.07, 6.45) is 5.85. The second-order valence-corrected chi connectivity index (χ2v) is 6.13. The predicted molar refractivity (Wildman–Crippen MR) is 74.2 cm³/mol. The van der Waals surface area contributed by atoms with Gasteiger partial charge in [0, 0.05) is 18.8 Å². The van der Waals surface area contributed by atoms with Crippen molar-refractivity contribution in [3.63, 3.8) is 0 Å². The van der Waals surface area contributed by atoms with Gasteiger partial charge in [0.1, 0.15) is 12.4 Å². The number of halogens is 1. The summed E-state index contributed by atoms with van der Waals surface area (Å²) in [5, 5.41) is 0.618. The third-order valence-corrected chi connectivity index (χ3v) is 3.77. The molecule has 0 bridgehead atoms. The van der Waals surface area contributed by atoms with Crippen molar-refractivity contribution in [3.05, 3.63) is 23.5 Å². The van der Waals surface area contributed by atoms with Gasteiger partial charge in [-0.05, 0) is 31.3 Å². The predicted octanol–water partition coefficient (Wildman–Crippen LogP) is 3.24. The molecule has 0 saturated carbocycles. The standard InChI is InChI=1S/C14H21ClN2O/c1-14(2)3-5-17(6-4-14)7-8-18-13-9-12(15)10-16-11-13/h9-11H,3-8H2,1-2H3. The fourth-order valence-electron chi connectivity index (χ4n) is 2.15. The number of hydrogen-bond acceptors (Lipinski definition) is 3. The fraction of sp³-hybridized carbons (Fsp3) is 0.643. The minimum Gasteiger partial charge on any atom is -0.491 e. The molecule has 1 saturated heterocycles. The number of aromatic nitrogens is 1. The largest absolute Gasteiger partial charge is 0.491 e. The van der Waals surface area contributed by atoms with Crippen molar-refractivity contribution in [2.24, 2.45) is 5.41 Å². The van der Waals surface area contributed by atoms with E-state index >= 15 is 0 Å². The monoisotopic (exact) mass is 268 g/mol. The van der Waals surface area contributed by atoms with Gasteiger partial charge in [0.25, 0.3) is 0 Å². The lowest BCUT2D eigenvalue weighted by atomic mass is 9.83. The number of likely N-dealkylation sites (tertiary alicyclic amines) is 1. The number of ether oxygens (including phenoxy) is 1. The van der Waals surface area contributed by atoms with Crippen LogP contribution in [-0.2, 0) is 0 Å². The fourth-order valence-corrected chi connectivity index (χ4v) is 2.31. The average Bonchev–Trinajstić information content (AvgIpc) is 2.31. The molecular weight excluding hydrogens is 248 g/mol. The van der Waals surface area contributed by atoms with E-state index in [-0.39, 0.29) is 0 Å². The van der Waals surface area contributed by atoms with Crippen LogP contribution in [0.5, 0.6) is 5.75 Å². The van der Waals surface area contributed by atoms with E-state index in [9.17, 15) is 0 Å². The zero-order chi connectivity index (χ0) is 13.0. The van der Waals surface area contributed by atoms with Crippen LogP contribution in [0.25, 0.3) is 0 Å². The SMILES string of the molecule is CC1(C)CCN(CCOc2cncc(Cl)c2)CC1. The van der Waals surface area contributed by atoms with Crippen molar-refractivity contribution in [2.75, 3.05) is 26.2 Å². The summed E-state index contributed by atoms with van der Waals surface area (Å²) >= 11 is 5.85. The van der Waals surface area contributed by atoms with Gasteiger partial charge < -0.3 is 4.74 Å². The molecule has 0 atom stereocenters. The quantitative estimate of drug-likeness (QED) is 0.838. The normalized spacial score (nSPS) is 19.7. The molecule has 3 nitrogen and oxygen atoms in total. The Morgan fingerprint density at radius 3 is 2.72 bits per heavy atom. The van der Waals surface area contributed by atoms with Crippen molar-refractivity contribution in [1.82, 2.24) is 9.88 Å². The maximum absolute atomic E-state index is 5.85. The minimum absolute atomic E-state index is 0.508. The Hall–Kier alpha value is -0.800. The van der Waals surface area contributed by atoms with Crippen molar-refractivity contribution in [2.45, 2.75) is 26.7 Å². The number of nitrogens with zero attached hydrogens (tertiary/aromatic N) is 2. The molecule has 2 rings (SSSR count). The highest BCUT2D eigenvalue weighted by Crippen LogP contribution is 2.29. The summed E-state index contributed by atoms with van der Waals surface area (Å²) < 4.78 is 5.65. The Balaban J connectivity index is 1.70. The maximum Gasteiger partial charge on any atom is 0.139 e. The van der Waals surface area contributed by atoms with Gasteiger partial charge in [-0.1, -0.05) is 25.4 Å². The highest BCUT2D eigenvalue weighted by Gasteiger charge is 2.24. The van der Waals surface area contributed by atoms with Crippen LogP contribution >= 0.6 is 11.6 Å².